The Kier molecular flexibility index (Phi) is 4.05. The number of benzene rings is 1. The van der Waals surface area contributed by atoms with E-state index in [4.69, 9.17) is 20.3 Å². The van der Waals surface area contributed by atoms with Gasteiger partial charge in [0.15, 0.2) is 0 Å². The van der Waals surface area contributed by atoms with Crippen molar-refractivity contribution in [2.45, 2.75) is 6.92 Å². The smallest absolute Gasteiger partial charge is 0.341 e. The highest BCUT2D eigenvalue weighted by Gasteiger charge is 2.14. The minimum atomic E-state index is -1.15. The molecule has 1 heterocycles. The Morgan fingerprint density at radius 3 is 2.80 bits per heavy atom. The lowest BCUT2D eigenvalue weighted by molar-refractivity contribution is 0.0693. The summed E-state index contributed by atoms with van der Waals surface area (Å²) in [5.74, 6) is -0.0887. The maximum atomic E-state index is 11.1. The molecule has 3 N–H and O–H groups in total. The SMILES string of the molecule is CCOc1cccc(Oc2ncc(N)cc2C(=O)O)c1. The van der Waals surface area contributed by atoms with Gasteiger partial charge < -0.3 is 20.3 Å². The number of pyridine rings is 1. The number of aromatic nitrogens is 1. The number of nitrogen functional groups attached to an aromatic ring is 1. The Bertz CT molecular complexity index is 628. The summed E-state index contributed by atoms with van der Waals surface area (Å²) in [6.45, 7) is 2.40. The first-order chi connectivity index (χ1) is 9.60. The zero-order valence-corrected chi connectivity index (χ0v) is 10.9. The Morgan fingerprint density at radius 1 is 1.35 bits per heavy atom. The second kappa shape index (κ2) is 5.92. The van der Waals surface area contributed by atoms with Crippen LogP contribution in [0.4, 0.5) is 5.69 Å². The van der Waals surface area contributed by atoms with Gasteiger partial charge in [-0.3, -0.25) is 0 Å². The number of aromatic carboxylic acids is 1. The maximum Gasteiger partial charge on any atom is 0.341 e. The van der Waals surface area contributed by atoms with Crippen molar-refractivity contribution in [1.82, 2.24) is 4.98 Å². The maximum absolute atomic E-state index is 11.1. The van der Waals surface area contributed by atoms with Gasteiger partial charge in [-0.2, -0.15) is 0 Å². The van der Waals surface area contributed by atoms with Crippen molar-refractivity contribution in [2.75, 3.05) is 12.3 Å². The molecule has 2 rings (SSSR count). The summed E-state index contributed by atoms with van der Waals surface area (Å²) in [6.07, 6.45) is 1.34. The van der Waals surface area contributed by atoms with E-state index in [9.17, 15) is 4.79 Å². The number of hydrogen-bond donors (Lipinski definition) is 2. The summed E-state index contributed by atoms with van der Waals surface area (Å²) in [5, 5.41) is 9.11. The summed E-state index contributed by atoms with van der Waals surface area (Å²) >= 11 is 0. The number of nitrogens with zero attached hydrogens (tertiary/aromatic N) is 1. The lowest BCUT2D eigenvalue weighted by atomic mass is 10.2. The fourth-order valence-electron chi connectivity index (χ4n) is 1.61. The molecular weight excluding hydrogens is 260 g/mol. The first kappa shape index (κ1) is 13.7. The molecule has 104 valence electrons. The average Bonchev–Trinajstić information content (AvgIpc) is 2.41. The number of carboxylic acid groups (broad SMARTS) is 1. The van der Waals surface area contributed by atoms with Gasteiger partial charge in [-0.05, 0) is 25.1 Å². The fourth-order valence-corrected chi connectivity index (χ4v) is 1.61. The number of hydrogen-bond acceptors (Lipinski definition) is 5. The molecule has 0 fully saturated rings. The van der Waals surface area contributed by atoms with Crippen molar-refractivity contribution < 1.29 is 19.4 Å². The van der Waals surface area contributed by atoms with Crippen molar-refractivity contribution in [3.05, 3.63) is 42.1 Å². The Labute approximate surface area is 115 Å². The van der Waals surface area contributed by atoms with Gasteiger partial charge in [-0.1, -0.05) is 6.07 Å². The lowest BCUT2D eigenvalue weighted by Gasteiger charge is -2.09. The summed E-state index contributed by atoms with van der Waals surface area (Å²) < 4.78 is 10.8. The molecule has 0 bridgehead atoms. The quantitative estimate of drug-likeness (QED) is 0.870. The van der Waals surface area contributed by atoms with E-state index in [0.717, 1.165) is 0 Å². The molecule has 6 heteroatoms. The van der Waals surface area contributed by atoms with E-state index in [1.54, 1.807) is 24.3 Å². The molecule has 0 aliphatic carbocycles. The summed E-state index contributed by atoms with van der Waals surface area (Å²) in [4.78, 5) is 15.0. The van der Waals surface area contributed by atoms with Gasteiger partial charge in [0.25, 0.3) is 0 Å². The van der Waals surface area contributed by atoms with Crippen LogP contribution in [0.25, 0.3) is 0 Å². The Balaban J connectivity index is 2.30. The molecule has 0 saturated carbocycles. The average molecular weight is 274 g/mol. The van der Waals surface area contributed by atoms with Crippen LogP contribution in [0.5, 0.6) is 17.4 Å². The molecule has 1 aromatic heterocycles. The molecule has 0 amide bonds. The molecule has 0 atom stereocenters. The van der Waals surface area contributed by atoms with Crippen LogP contribution in [0.3, 0.4) is 0 Å². The van der Waals surface area contributed by atoms with E-state index in [2.05, 4.69) is 4.98 Å². The van der Waals surface area contributed by atoms with Crippen LogP contribution >= 0.6 is 0 Å². The van der Waals surface area contributed by atoms with Gasteiger partial charge in [0.2, 0.25) is 5.88 Å². The summed E-state index contributed by atoms with van der Waals surface area (Å²) in [6, 6.07) is 8.18. The first-order valence-electron chi connectivity index (χ1n) is 5.99. The Hall–Kier alpha value is -2.76. The Morgan fingerprint density at radius 2 is 2.10 bits per heavy atom. The van der Waals surface area contributed by atoms with Crippen LogP contribution < -0.4 is 15.2 Å². The highest BCUT2D eigenvalue weighted by atomic mass is 16.5. The third-order valence-corrected chi connectivity index (χ3v) is 2.43. The molecule has 20 heavy (non-hydrogen) atoms. The summed E-state index contributed by atoms with van der Waals surface area (Å²) in [5.41, 5.74) is 5.69. The van der Waals surface area contributed by atoms with Crippen LogP contribution in [-0.2, 0) is 0 Å². The largest absolute Gasteiger partial charge is 0.494 e. The molecule has 0 aliphatic rings. The van der Waals surface area contributed by atoms with E-state index >= 15 is 0 Å². The second-order valence-electron chi connectivity index (χ2n) is 3.94. The number of carbonyl (C=O) groups is 1. The van der Waals surface area contributed by atoms with Crippen molar-refractivity contribution >= 4 is 11.7 Å². The monoisotopic (exact) mass is 274 g/mol. The van der Waals surface area contributed by atoms with Crippen LogP contribution in [0.2, 0.25) is 0 Å². The predicted octanol–water partition coefficient (Wildman–Crippen LogP) is 2.55. The topological polar surface area (TPSA) is 94.7 Å². The predicted molar refractivity (Wildman–Crippen MR) is 73.3 cm³/mol. The van der Waals surface area contributed by atoms with Gasteiger partial charge in [0.1, 0.15) is 17.1 Å². The molecule has 6 nitrogen and oxygen atoms in total. The van der Waals surface area contributed by atoms with Crippen LogP contribution in [-0.4, -0.2) is 22.7 Å². The highest BCUT2D eigenvalue weighted by molar-refractivity contribution is 5.91. The van der Waals surface area contributed by atoms with Gasteiger partial charge in [0.05, 0.1) is 18.5 Å². The second-order valence-corrected chi connectivity index (χ2v) is 3.94. The summed E-state index contributed by atoms with van der Waals surface area (Å²) in [7, 11) is 0. The number of rotatable bonds is 5. The number of carboxylic acids is 1. The number of anilines is 1. The van der Waals surface area contributed by atoms with Gasteiger partial charge >= 0.3 is 5.97 Å². The van der Waals surface area contributed by atoms with Gasteiger partial charge in [-0.25, -0.2) is 9.78 Å². The van der Waals surface area contributed by atoms with E-state index in [-0.39, 0.29) is 17.1 Å². The fraction of sp³-hybridized carbons (Fsp3) is 0.143. The van der Waals surface area contributed by atoms with Crippen LogP contribution in [0.1, 0.15) is 17.3 Å². The van der Waals surface area contributed by atoms with E-state index in [1.165, 1.54) is 12.3 Å². The van der Waals surface area contributed by atoms with Crippen molar-refractivity contribution in [3.63, 3.8) is 0 Å². The number of ether oxygens (including phenoxy) is 2. The normalized spacial score (nSPS) is 10.1. The van der Waals surface area contributed by atoms with E-state index < -0.39 is 5.97 Å². The molecule has 2 aromatic rings. The van der Waals surface area contributed by atoms with Gasteiger partial charge in [0, 0.05) is 6.07 Å². The molecule has 0 radical (unpaired) electrons. The van der Waals surface area contributed by atoms with E-state index in [0.29, 0.717) is 18.1 Å². The van der Waals surface area contributed by atoms with Crippen molar-refractivity contribution in [1.29, 1.82) is 0 Å². The molecule has 0 unspecified atom stereocenters. The first-order valence-corrected chi connectivity index (χ1v) is 5.99. The third kappa shape index (κ3) is 3.17. The third-order valence-electron chi connectivity index (χ3n) is 2.43. The van der Waals surface area contributed by atoms with Gasteiger partial charge in [-0.15, -0.1) is 0 Å². The minimum Gasteiger partial charge on any atom is -0.494 e. The number of nitrogens with two attached hydrogens (primary N) is 1. The van der Waals surface area contributed by atoms with Crippen molar-refractivity contribution in [3.8, 4) is 17.4 Å². The lowest BCUT2D eigenvalue weighted by Crippen LogP contribution is -2.03. The molecule has 1 aromatic carbocycles. The molecule has 0 aliphatic heterocycles. The zero-order valence-electron chi connectivity index (χ0n) is 10.9. The van der Waals surface area contributed by atoms with Crippen LogP contribution in [0.15, 0.2) is 36.5 Å². The molecule has 0 spiro atoms. The standard InChI is InChI=1S/C14H14N2O4/c1-2-19-10-4-3-5-11(7-10)20-13-12(14(17)18)6-9(15)8-16-13/h3-8H,2,15H2,1H3,(H,17,18). The molecule has 0 saturated heterocycles. The highest BCUT2D eigenvalue weighted by Crippen LogP contribution is 2.27. The minimum absolute atomic E-state index is 0.0136. The van der Waals surface area contributed by atoms with Crippen molar-refractivity contribution in [2.24, 2.45) is 0 Å². The van der Waals surface area contributed by atoms with E-state index in [1.807, 2.05) is 6.92 Å². The zero-order chi connectivity index (χ0) is 14.5. The van der Waals surface area contributed by atoms with Crippen LogP contribution in [0, 0.1) is 0 Å². The molecular formula is C14H14N2O4.